The normalized spacial score (nSPS) is 10.2. The number of anilines is 1. The van der Waals surface area contributed by atoms with Crippen LogP contribution in [0.3, 0.4) is 0 Å². The Kier molecular flexibility index (Phi) is 4.24. The van der Waals surface area contributed by atoms with Gasteiger partial charge in [-0.05, 0) is 30.3 Å². The molecule has 7 heteroatoms. The van der Waals surface area contributed by atoms with Gasteiger partial charge in [0.1, 0.15) is 5.82 Å². The van der Waals surface area contributed by atoms with E-state index in [2.05, 4.69) is 10.3 Å². The van der Waals surface area contributed by atoms with Crippen LogP contribution in [0.2, 0.25) is 0 Å². The van der Waals surface area contributed by atoms with E-state index in [9.17, 15) is 14.0 Å². The fraction of sp³-hybridized carbons (Fsp3) is 0.0714. The van der Waals surface area contributed by atoms with Crippen molar-refractivity contribution in [3.8, 4) is 0 Å². The number of amides is 1. The molecule has 108 valence electrons. The molecule has 2 rings (SSSR count). The van der Waals surface area contributed by atoms with E-state index in [0.717, 1.165) is 12.1 Å². The van der Waals surface area contributed by atoms with Crippen molar-refractivity contribution in [2.45, 2.75) is 6.54 Å². The number of hydrogen-bond acceptors (Lipinski definition) is 4. The number of halogens is 1. The molecule has 0 unspecified atom stereocenters. The summed E-state index contributed by atoms with van der Waals surface area (Å²) in [6.07, 6.45) is 1.45. The second-order valence-electron chi connectivity index (χ2n) is 4.19. The van der Waals surface area contributed by atoms with Gasteiger partial charge in [-0.1, -0.05) is 0 Å². The maximum Gasteiger partial charge on any atom is 0.338 e. The lowest BCUT2D eigenvalue weighted by Crippen LogP contribution is -2.14. The highest BCUT2D eigenvalue weighted by atomic mass is 19.1. The molecule has 0 spiro atoms. The quantitative estimate of drug-likeness (QED) is 0.793. The summed E-state index contributed by atoms with van der Waals surface area (Å²) < 4.78 is 13.3. The molecule has 1 heterocycles. The number of benzene rings is 1. The Labute approximate surface area is 119 Å². The first-order valence-corrected chi connectivity index (χ1v) is 6.00. The van der Waals surface area contributed by atoms with Gasteiger partial charge in [-0.2, -0.15) is 0 Å². The summed E-state index contributed by atoms with van der Waals surface area (Å²) in [5, 5.41) is 11.3. The molecule has 1 amide bonds. The van der Waals surface area contributed by atoms with E-state index in [1.165, 1.54) is 24.4 Å². The molecule has 1 aromatic carbocycles. The molecule has 0 fully saturated rings. The summed E-state index contributed by atoms with van der Waals surface area (Å²) in [6, 6.07) is 6.34. The Hall–Kier alpha value is -2.80. The number of nitrogens with one attached hydrogen (secondary N) is 1. The summed E-state index contributed by atoms with van der Waals surface area (Å²) in [4.78, 5) is 26.8. The van der Waals surface area contributed by atoms with Crippen molar-refractivity contribution in [1.82, 2.24) is 4.98 Å². The van der Waals surface area contributed by atoms with Crippen molar-refractivity contribution in [2.75, 3.05) is 5.32 Å². The number of carbonyl (C=O) groups excluding carboxylic acids is 1. The van der Waals surface area contributed by atoms with E-state index in [1.807, 2.05) is 0 Å². The number of carboxylic acid groups (broad SMARTS) is 1. The van der Waals surface area contributed by atoms with Crippen LogP contribution in [0.15, 0.2) is 36.5 Å². The molecule has 0 aliphatic rings. The number of hydrogen-bond donors (Lipinski definition) is 3. The third kappa shape index (κ3) is 3.40. The van der Waals surface area contributed by atoms with E-state index < -0.39 is 23.3 Å². The van der Waals surface area contributed by atoms with E-state index >= 15 is 0 Å². The van der Waals surface area contributed by atoms with E-state index in [1.54, 1.807) is 0 Å². The van der Waals surface area contributed by atoms with Crippen molar-refractivity contribution in [2.24, 2.45) is 5.73 Å². The lowest BCUT2D eigenvalue weighted by atomic mass is 10.1. The Morgan fingerprint density at radius 1 is 1.29 bits per heavy atom. The highest BCUT2D eigenvalue weighted by Crippen LogP contribution is 2.16. The minimum Gasteiger partial charge on any atom is -0.478 e. The van der Waals surface area contributed by atoms with Gasteiger partial charge in [0.25, 0.3) is 5.91 Å². The third-order valence-corrected chi connectivity index (χ3v) is 2.74. The molecule has 0 atom stereocenters. The number of nitrogens with two attached hydrogens (primary N) is 1. The molecular formula is C14H12FN3O3. The summed E-state index contributed by atoms with van der Waals surface area (Å²) in [5.41, 5.74) is 5.99. The number of carbonyl (C=O) groups is 2. The molecule has 0 radical (unpaired) electrons. The highest BCUT2D eigenvalue weighted by Gasteiger charge is 2.13. The zero-order chi connectivity index (χ0) is 15.4. The number of rotatable bonds is 4. The second-order valence-corrected chi connectivity index (χ2v) is 4.19. The van der Waals surface area contributed by atoms with E-state index in [0.29, 0.717) is 11.3 Å². The molecule has 0 saturated carbocycles. The standard InChI is InChI=1S/C14H12FN3O3/c15-12-2-1-9(6-11(12)14(20)21)18-13(19)8-3-4-17-10(5-8)7-16/h1-6H,7,16H2,(H,18,19)(H,20,21). The van der Waals surface area contributed by atoms with E-state index in [4.69, 9.17) is 10.8 Å². The number of nitrogens with zero attached hydrogens (tertiary/aromatic N) is 1. The Morgan fingerprint density at radius 3 is 2.71 bits per heavy atom. The Morgan fingerprint density at radius 2 is 2.05 bits per heavy atom. The van der Waals surface area contributed by atoms with Gasteiger partial charge in [-0.15, -0.1) is 0 Å². The van der Waals surface area contributed by atoms with Crippen LogP contribution in [0, 0.1) is 5.82 Å². The summed E-state index contributed by atoms with van der Waals surface area (Å²) >= 11 is 0. The zero-order valence-corrected chi connectivity index (χ0v) is 10.8. The van der Waals surface area contributed by atoms with E-state index in [-0.39, 0.29) is 12.2 Å². The number of aromatic carboxylic acids is 1. The molecule has 2 aromatic rings. The zero-order valence-electron chi connectivity index (χ0n) is 10.8. The van der Waals surface area contributed by atoms with Crippen LogP contribution in [0.25, 0.3) is 0 Å². The van der Waals surface area contributed by atoms with Crippen molar-refractivity contribution >= 4 is 17.6 Å². The largest absolute Gasteiger partial charge is 0.478 e. The van der Waals surface area contributed by atoms with Crippen molar-refractivity contribution in [1.29, 1.82) is 0 Å². The molecule has 21 heavy (non-hydrogen) atoms. The summed E-state index contributed by atoms with van der Waals surface area (Å²) in [6.45, 7) is 0.195. The van der Waals surface area contributed by atoms with Gasteiger partial charge in [0.05, 0.1) is 11.3 Å². The molecular weight excluding hydrogens is 277 g/mol. The second kappa shape index (κ2) is 6.10. The number of pyridine rings is 1. The summed E-state index contributed by atoms with van der Waals surface area (Å²) in [5.74, 6) is -2.73. The van der Waals surface area contributed by atoms with Crippen LogP contribution in [-0.4, -0.2) is 22.0 Å². The fourth-order valence-corrected chi connectivity index (χ4v) is 1.70. The monoisotopic (exact) mass is 289 g/mol. The van der Waals surface area contributed by atoms with Gasteiger partial charge in [0, 0.05) is 24.0 Å². The van der Waals surface area contributed by atoms with Crippen LogP contribution in [-0.2, 0) is 6.54 Å². The smallest absolute Gasteiger partial charge is 0.338 e. The maximum absolute atomic E-state index is 13.3. The molecule has 1 aromatic heterocycles. The van der Waals surface area contributed by atoms with Gasteiger partial charge in [-0.25, -0.2) is 9.18 Å². The topological polar surface area (TPSA) is 105 Å². The SMILES string of the molecule is NCc1cc(C(=O)Nc2ccc(F)c(C(=O)O)c2)ccn1. The van der Waals surface area contributed by atoms with Gasteiger partial charge in [0.2, 0.25) is 0 Å². The highest BCUT2D eigenvalue weighted by molar-refractivity contribution is 6.04. The number of carboxylic acids is 1. The van der Waals surface area contributed by atoms with Gasteiger partial charge >= 0.3 is 5.97 Å². The molecule has 0 saturated heterocycles. The predicted octanol–water partition coefficient (Wildman–Crippen LogP) is 1.63. The van der Waals surface area contributed by atoms with Crippen LogP contribution in [0.5, 0.6) is 0 Å². The third-order valence-electron chi connectivity index (χ3n) is 2.74. The maximum atomic E-state index is 13.3. The Balaban J connectivity index is 2.23. The van der Waals surface area contributed by atoms with Crippen molar-refractivity contribution in [3.63, 3.8) is 0 Å². The average molecular weight is 289 g/mol. The van der Waals surface area contributed by atoms with Crippen LogP contribution in [0.4, 0.5) is 10.1 Å². The lowest BCUT2D eigenvalue weighted by molar-refractivity contribution is 0.0691. The molecule has 0 aliphatic heterocycles. The van der Waals surface area contributed by atoms with Gasteiger partial charge in [0.15, 0.2) is 0 Å². The summed E-state index contributed by atoms with van der Waals surface area (Å²) in [7, 11) is 0. The van der Waals surface area contributed by atoms with Crippen molar-refractivity contribution in [3.05, 3.63) is 59.2 Å². The van der Waals surface area contributed by atoms with Crippen LogP contribution >= 0.6 is 0 Å². The Bertz CT molecular complexity index is 704. The van der Waals surface area contributed by atoms with Gasteiger partial charge in [-0.3, -0.25) is 9.78 Å². The number of aromatic nitrogens is 1. The predicted molar refractivity (Wildman–Crippen MR) is 73.4 cm³/mol. The molecule has 0 bridgehead atoms. The minimum atomic E-state index is -1.40. The van der Waals surface area contributed by atoms with Crippen LogP contribution < -0.4 is 11.1 Å². The minimum absolute atomic E-state index is 0.185. The molecule has 4 N–H and O–H groups in total. The average Bonchev–Trinajstić information content (AvgIpc) is 2.49. The molecule has 6 nitrogen and oxygen atoms in total. The fourth-order valence-electron chi connectivity index (χ4n) is 1.70. The van der Waals surface area contributed by atoms with Gasteiger partial charge < -0.3 is 16.2 Å². The first-order valence-electron chi connectivity index (χ1n) is 6.00. The lowest BCUT2D eigenvalue weighted by Gasteiger charge is -2.07. The first-order chi connectivity index (χ1) is 10.0. The molecule has 0 aliphatic carbocycles. The van der Waals surface area contributed by atoms with Crippen molar-refractivity contribution < 1.29 is 19.1 Å². The first kappa shape index (κ1) is 14.6. The van der Waals surface area contributed by atoms with Crippen LogP contribution in [0.1, 0.15) is 26.4 Å².